The summed E-state index contributed by atoms with van der Waals surface area (Å²) in [5.74, 6) is 0.838. The topological polar surface area (TPSA) is 38.3 Å². The fourth-order valence-corrected chi connectivity index (χ4v) is 2.54. The highest BCUT2D eigenvalue weighted by molar-refractivity contribution is 9.10. The van der Waals surface area contributed by atoms with E-state index in [9.17, 15) is 4.79 Å². The molecule has 0 saturated heterocycles. The summed E-state index contributed by atoms with van der Waals surface area (Å²) in [5, 5.41) is 2.98. The number of methoxy groups -OCH3 is 1. The molecule has 110 valence electrons. The fraction of sp³-hybridized carbons (Fsp3) is 0.235. The maximum absolute atomic E-state index is 12.5. The van der Waals surface area contributed by atoms with Crippen LogP contribution in [0.25, 0.3) is 0 Å². The molecular weight excluding hydrogens is 330 g/mol. The first-order chi connectivity index (χ1) is 10.0. The third kappa shape index (κ3) is 3.64. The van der Waals surface area contributed by atoms with E-state index in [1.807, 2.05) is 36.4 Å². The van der Waals surface area contributed by atoms with Crippen molar-refractivity contribution in [2.75, 3.05) is 12.4 Å². The van der Waals surface area contributed by atoms with Gasteiger partial charge in [-0.25, -0.2) is 0 Å². The van der Waals surface area contributed by atoms with Gasteiger partial charge < -0.3 is 10.1 Å². The molecule has 0 unspecified atom stereocenters. The van der Waals surface area contributed by atoms with Crippen molar-refractivity contribution in [3.63, 3.8) is 0 Å². The smallest absolute Gasteiger partial charge is 0.256 e. The minimum absolute atomic E-state index is 0.158. The Morgan fingerprint density at radius 2 is 1.90 bits per heavy atom. The molecule has 0 fully saturated rings. The second-order valence-corrected chi connectivity index (χ2v) is 5.90. The predicted octanol–water partition coefficient (Wildman–Crippen LogP) is 4.83. The molecule has 21 heavy (non-hydrogen) atoms. The number of para-hydroxylation sites is 1. The molecule has 0 spiro atoms. The van der Waals surface area contributed by atoms with E-state index in [4.69, 9.17) is 4.74 Å². The van der Waals surface area contributed by atoms with Crippen LogP contribution in [0.4, 0.5) is 5.69 Å². The fourth-order valence-electron chi connectivity index (χ4n) is 2.11. The predicted molar refractivity (Wildman–Crippen MR) is 89.2 cm³/mol. The Morgan fingerprint density at radius 3 is 2.57 bits per heavy atom. The second-order valence-electron chi connectivity index (χ2n) is 5.04. The Hall–Kier alpha value is -1.81. The van der Waals surface area contributed by atoms with E-state index in [2.05, 4.69) is 35.1 Å². The van der Waals surface area contributed by atoms with Crippen LogP contribution in [0.3, 0.4) is 0 Å². The molecule has 0 aliphatic rings. The van der Waals surface area contributed by atoms with Gasteiger partial charge in [-0.3, -0.25) is 4.79 Å². The maximum Gasteiger partial charge on any atom is 0.256 e. The first-order valence-electron chi connectivity index (χ1n) is 6.76. The number of rotatable bonds is 4. The summed E-state index contributed by atoms with van der Waals surface area (Å²) >= 11 is 3.40. The molecule has 1 N–H and O–H groups in total. The van der Waals surface area contributed by atoms with Crippen molar-refractivity contribution in [1.29, 1.82) is 0 Å². The number of amides is 1. The highest BCUT2D eigenvalue weighted by Gasteiger charge is 2.14. The molecule has 3 nitrogen and oxygen atoms in total. The van der Waals surface area contributed by atoms with E-state index in [-0.39, 0.29) is 5.91 Å². The molecule has 2 aromatic rings. The lowest BCUT2D eigenvalue weighted by molar-refractivity contribution is 0.102. The lowest BCUT2D eigenvalue weighted by atomic mass is 10.0. The van der Waals surface area contributed by atoms with Crippen molar-refractivity contribution in [1.82, 2.24) is 0 Å². The summed E-state index contributed by atoms with van der Waals surface area (Å²) in [6.45, 7) is 4.21. The van der Waals surface area contributed by atoms with Gasteiger partial charge in [0, 0.05) is 10.2 Å². The van der Waals surface area contributed by atoms with Gasteiger partial charge in [0.1, 0.15) is 5.75 Å². The summed E-state index contributed by atoms with van der Waals surface area (Å²) in [7, 11) is 1.58. The van der Waals surface area contributed by atoms with E-state index in [0.29, 0.717) is 17.2 Å². The average molecular weight is 348 g/mol. The summed E-state index contributed by atoms with van der Waals surface area (Å²) < 4.78 is 5.91. The highest BCUT2D eigenvalue weighted by Crippen LogP contribution is 2.27. The van der Waals surface area contributed by atoms with E-state index < -0.39 is 0 Å². The third-order valence-electron chi connectivity index (χ3n) is 3.25. The van der Waals surface area contributed by atoms with Crippen molar-refractivity contribution in [2.24, 2.45) is 0 Å². The number of halogens is 1. The van der Waals surface area contributed by atoms with Crippen LogP contribution in [0.5, 0.6) is 5.75 Å². The first-order valence-corrected chi connectivity index (χ1v) is 7.56. The molecule has 0 aliphatic heterocycles. The van der Waals surface area contributed by atoms with Gasteiger partial charge >= 0.3 is 0 Å². The Bertz CT molecular complexity index is 653. The van der Waals surface area contributed by atoms with Crippen LogP contribution >= 0.6 is 15.9 Å². The standard InChI is InChI=1S/C17H18BrNO2/c1-11(2)13-6-4-5-7-16(13)19-17(20)14-10-12(21-3)8-9-15(14)18/h4-11H,1-3H3,(H,19,20). The molecular formula is C17H18BrNO2. The van der Waals surface area contributed by atoms with Crippen LogP contribution in [-0.4, -0.2) is 13.0 Å². The van der Waals surface area contributed by atoms with Crippen molar-refractivity contribution in [3.8, 4) is 5.75 Å². The number of ether oxygens (including phenoxy) is 1. The van der Waals surface area contributed by atoms with Crippen molar-refractivity contribution < 1.29 is 9.53 Å². The first kappa shape index (κ1) is 15.6. The molecule has 4 heteroatoms. The lowest BCUT2D eigenvalue weighted by Crippen LogP contribution is -2.14. The van der Waals surface area contributed by atoms with Crippen LogP contribution in [-0.2, 0) is 0 Å². The van der Waals surface area contributed by atoms with Crippen LogP contribution in [0.1, 0.15) is 35.7 Å². The summed E-state index contributed by atoms with van der Waals surface area (Å²) in [6, 6.07) is 13.2. The molecule has 2 aromatic carbocycles. The number of anilines is 1. The number of carbonyl (C=O) groups is 1. The summed E-state index contributed by atoms with van der Waals surface area (Å²) in [5.41, 5.74) is 2.50. The van der Waals surface area contributed by atoms with Crippen LogP contribution in [0.2, 0.25) is 0 Å². The van der Waals surface area contributed by atoms with Gasteiger partial charge in [0.15, 0.2) is 0 Å². The Labute approximate surface area is 133 Å². The molecule has 0 atom stereocenters. The van der Waals surface area contributed by atoms with Crippen molar-refractivity contribution in [2.45, 2.75) is 19.8 Å². The van der Waals surface area contributed by atoms with E-state index >= 15 is 0 Å². The molecule has 1 amide bonds. The van der Waals surface area contributed by atoms with E-state index in [1.165, 1.54) is 0 Å². The molecule has 0 heterocycles. The molecule has 0 aliphatic carbocycles. The normalized spacial score (nSPS) is 10.5. The Balaban J connectivity index is 2.30. The average Bonchev–Trinajstić information content (AvgIpc) is 2.48. The van der Waals surface area contributed by atoms with Gasteiger partial charge in [-0.2, -0.15) is 0 Å². The molecule has 0 bridgehead atoms. The van der Waals surface area contributed by atoms with E-state index in [0.717, 1.165) is 15.7 Å². The number of carbonyl (C=O) groups excluding carboxylic acids is 1. The quantitative estimate of drug-likeness (QED) is 0.859. The highest BCUT2D eigenvalue weighted by atomic mass is 79.9. The van der Waals surface area contributed by atoms with Crippen molar-refractivity contribution in [3.05, 3.63) is 58.1 Å². The van der Waals surface area contributed by atoms with Gasteiger partial charge in [-0.15, -0.1) is 0 Å². The van der Waals surface area contributed by atoms with Gasteiger partial charge in [-0.05, 0) is 51.7 Å². The lowest BCUT2D eigenvalue weighted by Gasteiger charge is -2.14. The molecule has 0 saturated carbocycles. The maximum atomic E-state index is 12.5. The van der Waals surface area contributed by atoms with E-state index in [1.54, 1.807) is 13.2 Å². The van der Waals surface area contributed by atoms with Crippen molar-refractivity contribution >= 4 is 27.5 Å². The minimum Gasteiger partial charge on any atom is -0.497 e. The Morgan fingerprint density at radius 1 is 1.19 bits per heavy atom. The zero-order chi connectivity index (χ0) is 15.4. The van der Waals surface area contributed by atoms with Gasteiger partial charge in [-0.1, -0.05) is 32.0 Å². The number of hydrogen-bond donors (Lipinski definition) is 1. The molecule has 0 radical (unpaired) electrons. The van der Waals surface area contributed by atoms with Crippen LogP contribution in [0, 0.1) is 0 Å². The van der Waals surface area contributed by atoms with Gasteiger partial charge in [0.05, 0.1) is 12.7 Å². The molecule has 0 aromatic heterocycles. The van der Waals surface area contributed by atoms with Crippen LogP contribution < -0.4 is 10.1 Å². The summed E-state index contributed by atoms with van der Waals surface area (Å²) in [4.78, 5) is 12.5. The number of benzene rings is 2. The van der Waals surface area contributed by atoms with Gasteiger partial charge in [0.25, 0.3) is 5.91 Å². The number of nitrogens with one attached hydrogen (secondary N) is 1. The molecule has 2 rings (SSSR count). The SMILES string of the molecule is COc1ccc(Br)c(C(=O)Nc2ccccc2C(C)C)c1. The zero-order valence-corrected chi connectivity index (χ0v) is 13.9. The Kier molecular flexibility index (Phi) is 5.02. The minimum atomic E-state index is -0.158. The third-order valence-corrected chi connectivity index (χ3v) is 3.94. The number of hydrogen-bond acceptors (Lipinski definition) is 2. The second kappa shape index (κ2) is 6.76. The zero-order valence-electron chi connectivity index (χ0n) is 12.3. The summed E-state index contributed by atoms with van der Waals surface area (Å²) in [6.07, 6.45) is 0. The van der Waals surface area contributed by atoms with Crippen LogP contribution in [0.15, 0.2) is 46.9 Å². The monoisotopic (exact) mass is 347 g/mol. The van der Waals surface area contributed by atoms with Gasteiger partial charge in [0.2, 0.25) is 0 Å². The largest absolute Gasteiger partial charge is 0.497 e.